The summed E-state index contributed by atoms with van der Waals surface area (Å²) in [6.07, 6.45) is 1.85. The molecule has 6 nitrogen and oxygen atoms in total. The van der Waals surface area contributed by atoms with Crippen molar-refractivity contribution in [2.75, 3.05) is 31.6 Å². The summed E-state index contributed by atoms with van der Waals surface area (Å²) in [6.45, 7) is 7.15. The molecule has 34 heavy (non-hydrogen) atoms. The molecule has 174 valence electrons. The molecular formula is C28H30N4O2. The molecule has 1 aromatic heterocycles. The molecule has 1 saturated heterocycles. The summed E-state index contributed by atoms with van der Waals surface area (Å²) in [4.78, 5) is 17.8. The molecule has 2 heterocycles. The van der Waals surface area contributed by atoms with Crippen molar-refractivity contribution >= 4 is 22.5 Å². The van der Waals surface area contributed by atoms with E-state index in [4.69, 9.17) is 4.74 Å². The smallest absolute Gasteiger partial charge is 0.254 e. The van der Waals surface area contributed by atoms with Gasteiger partial charge in [-0.05, 0) is 61.4 Å². The Labute approximate surface area is 200 Å². The first-order valence-electron chi connectivity index (χ1n) is 11.7. The van der Waals surface area contributed by atoms with Crippen LogP contribution in [0.2, 0.25) is 0 Å². The van der Waals surface area contributed by atoms with Gasteiger partial charge >= 0.3 is 0 Å². The molecule has 0 radical (unpaired) electrons. The van der Waals surface area contributed by atoms with Crippen molar-refractivity contribution in [1.29, 1.82) is 0 Å². The summed E-state index contributed by atoms with van der Waals surface area (Å²) in [5, 5.41) is 5.59. The third kappa shape index (κ3) is 4.36. The molecule has 1 fully saturated rings. The standard InChI is InChI=1S/C28H30N4O2/c1-20-6-4-8-25(14-20)31-13-12-30(18-21(31)2)28(33)23-10-11-24-17-29-32(27(24)16-23)19-22-7-5-9-26(15-22)34-3/h4-11,14-17,21H,12-13,18-19H2,1-3H3/t21-/m1/s1. The van der Waals surface area contributed by atoms with E-state index in [9.17, 15) is 4.79 Å². The van der Waals surface area contributed by atoms with Gasteiger partial charge in [-0.25, -0.2) is 0 Å². The molecular weight excluding hydrogens is 424 g/mol. The normalized spacial score (nSPS) is 16.1. The maximum Gasteiger partial charge on any atom is 0.254 e. The second kappa shape index (κ2) is 9.21. The first-order valence-corrected chi connectivity index (χ1v) is 11.7. The van der Waals surface area contributed by atoms with E-state index in [1.54, 1.807) is 7.11 Å². The zero-order chi connectivity index (χ0) is 23.7. The van der Waals surface area contributed by atoms with E-state index in [-0.39, 0.29) is 11.9 Å². The number of methoxy groups -OCH3 is 1. The Balaban J connectivity index is 1.34. The Morgan fingerprint density at radius 3 is 2.71 bits per heavy atom. The second-order valence-electron chi connectivity index (χ2n) is 9.06. The first-order chi connectivity index (χ1) is 16.5. The van der Waals surface area contributed by atoms with Gasteiger partial charge in [-0.1, -0.05) is 30.3 Å². The third-order valence-corrected chi connectivity index (χ3v) is 6.61. The molecule has 0 spiro atoms. The Kier molecular flexibility index (Phi) is 5.97. The lowest BCUT2D eigenvalue weighted by Gasteiger charge is -2.41. The molecule has 0 bridgehead atoms. The minimum atomic E-state index is 0.0757. The molecule has 4 aromatic rings. The summed E-state index contributed by atoms with van der Waals surface area (Å²) >= 11 is 0. The van der Waals surface area contributed by atoms with Crippen molar-refractivity contribution in [3.8, 4) is 5.75 Å². The molecule has 6 heteroatoms. The first kappa shape index (κ1) is 22.0. The van der Waals surface area contributed by atoms with Crippen LogP contribution in [0.5, 0.6) is 5.75 Å². The maximum absolute atomic E-state index is 13.4. The Bertz CT molecular complexity index is 1330. The monoisotopic (exact) mass is 454 g/mol. The molecule has 5 rings (SSSR count). The number of aromatic nitrogens is 2. The lowest BCUT2D eigenvalue weighted by molar-refractivity contribution is 0.0726. The molecule has 1 aliphatic heterocycles. The molecule has 1 amide bonds. The molecule has 0 N–H and O–H groups in total. The van der Waals surface area contributed by atoms with Crippen LogP contribution in [0.3, 0.4) is 0 Å². The number of amides is 1. The predicted molar refractivity (Wildman–Crippen MR) is 136 cm³/mol. The summed E-state index contributed by atoms with van der Waals surface area (Å²) < 4.78 is 7.29. The average Bonchev–Trinajstić information content (AvgIpc) is 3.25. The quantitative estimate of drug-likeness (QED) is 0.437. The Hall–Kier alpha value is -3.80. The number of carbonyl (C=O) groups excluding carboxylic acids is 1. The Morgan fingerprint density at radius 1 is 1.06 bits per heavy atom. The van der Waals surface area contributed by atoms with E-state index in [0.717, 1.165) is 28.8 Å². The number of nitrogens with zero attached hydrogens (tertiary/aromatic N) is 4. The van der Waals surface area contributed by atoms with Gasteiger partial charge in [0, 0.05) is 42.3 Å². The van der Waals surface area contributed by atoms with Gasteiger partial charge in [0.05, 0.1) is 25.4 Å². The van der Waals surface area contributed by atoms with Gasteiger partial charge in [-0.3, -0.25) is 9.48 Å². The van der Waals surface area contributed by atoms with Crippen LogP contribution in [0, 0.1) is 6.92 Å². The lowest BCUT2D eigenvalue weighted by Crippen LogP contribution is -2.53. The average molecular weight is 455 g/mol. The maximum atomic E-state index is 13.4. The largest absolute Gasteiger partial charge is 0.497 e. The van der Waals surface area contributed by atoms with Gasteiger partial charge in [-0.2, -0.15) is 5.10 Å². The highest BCUT2D eigenvalue weighted by molar-refractivity contribution is 5.98. The lowest BCUT2D eigenvalue weighted by atomic mass is 10.1. The summed E-state index contributed by atoms with van der Waals surface area (Å²) in [5.74, 6) is 0.899. The van der Waals surface area contributed by atoms with E-state index in [1.807, 2.05) is 52.2 Å². The fraction of sp³-hybridized carbons (Fsp3) is 0.286. The number of hydrogen-bond acceptors (Lipinski definition) is 4. The summed E-state index contributed by atoms with van der Waals surface area (Å²) in [6, 6.07) is 22.7. The second-order valence-corrected chi connectivity index (χ2v) is 9.06. The van der Waals surface area contributed by atoms with Crippen LogP contribution < -0.4 is 9.64 Å². The van der Waals surface area contributed by atoms with Crippen LogP contribution in [0.4, 0.5) is 5.69 Å². The number of fused-ring (bicyclic) bond motifs is 1. The van der Waals surface area contributed by atoms with Crippen LogP contribution in [0.25, 0.3) is 10.9 Å². The molecule has 1 atom stereocenters. The minimum absolute atomic E-state index is 0.0757. The van der Waals surface area contributed by atoms with E-state index in [2.05, 4.69) is 54.2 Å². The summed E-state index contributed by atoms with van der Waals surface area (Å²) in [5.41, 5.74) is 5.24. The predicted octanol–water partition coefficient (Wildman–Crippen LogP) is 4.75. The van der Waals surface area contributed by atoms with Gasteiger partial charge in [-0.15, -0.1) is 0 Å². The van der Waals surface area contributed by atoms with Crippen LogP contribution in [-0.4, -0.2) is 53.4 Å². The van der Waals surface area contributed by atoms with E-state index < -0.39 is 0 Å². The number of rotatable bonds is 5. The van der Waals surface area contributed by atoms with Crippen molar-refractivity contribution in [1.82, 2.24) is 14.7 Å². The third-order valence-electron chi connectivity index (χ3n) is 6.61. The van der Waals surface area contributed by atoms with E-state index in [0.29, 0.717) is 25.2 Å². The topological polar surface area (TPSA) is 50.6 Å². The number of carbonyl (C=O) groups is 1. The van der Waals surface area contributed by atoms with E-state index >= 15 is 0 Å². The van der Waals surface area contributed by atoms with Gasteiger partial charge in [0.25, 0.3) is 5.91 Å². The molecule has 1 aliphatic rings. The summed E-state index contributed by atoms with van der Waals surface area (Å²) in [7, 11) is 1.67. The number of aryl methyl sites for hydroxylation is 1. The fourth-order valence-electron chi connectivity index (χ4n) is 4.79. The molecule has 0 aliphatic carbocycles. The highest BCUT2D eigenvalue weighted by atomic mass is 16.5. The molecule has 0 saturated carbocycles. The number of benzene rings is 3. The fourth-order valence-corrected chi connectivity index (χ4v) is 4.79. The zero-order valence-corrected chi connectivity index (χ0v) is 19.9. The van der Waals surface area contributed by atoms with Crippen molar-refractivity contribution in [2.24, 2.45) is 0 Å². The highest BCUT2D eigenvalue weighted by Gasteiger charge is 2.27. The number of anilines is 1. The van der Waals surface area contributed by atoms with E-state index in [1.165, 1.54) is 11.3 Å². The number of ether oxygens (including phenoxy) is 1. The number of piperazine rings is 1. The van der Waals surface area contributed by atoms with Gasteiger partial charge in [0.15, 0.2) is 0 Å². The van der Waals surface area contributed by atoms with Crippen LogP contribution >= 0.6 is 0 Å². The van der Waals surface area contributed by atoms with Crippen LogP contribution in [0.1, 0.15) is 28.4 Å². The SMILES string of the molecule is COc1cccc(Cn2ncc3ccc(C(=O)N4CCN(c5cccc(C)c5)[C@H](C)C4)cc32)c1. The van der Waals surface area contributed by atoms with Gasteiger partial charge < -0.3 is 14.5 Å². The highest BCUT2D eigenvalue weighted by Crippen LogP contribution is 2.24. The van der Waals surface area contributed by atoms with Crippen LogP contribution in [-0.2, 0) is 6.54 Å². The van der Waals surface area contributed by atoms with Crippen molar-refractivity contribution < 1.29 is 9.53 Å². The van der Waals surface area contributed by atoms with Gasteiger partial charge in [0.2, 0.25) is 0 Å². The van der Waals surface area contributed by atoms with Crippen molar-refractivity contribution in [2.45, 2.75) is 26.4 Å². The molecule has 3 aromatic carbocycles. The number of hydrogen-bond donors (Lipinski definition) is 0. The Morgan fingerprint density at radius 2 is 1.91 bits per heavy atom. The molecule has 0 unspecified atom stereocenters. The van der Waals surface area contributed by atoms with Crippen molar-refractivity contribution in [3.63, 3.8) is 0 Å². The zero-order valence-electron chi connectivity index (χ0n) is 19.9. The van der Waals surface area contributed by atoms with Crippen LogP contribution in [0.15, 0.2) is 72.9 Å². The van der Waals surface area contributed by atoms with Gasteiger partial charge in [0.1, 0.15) is 5.75 Å². The van der Waals surface area contributed by atoms with Crippen molar-refractivity contribution in [3.05, 3.63) is 89.6 Å². The minimum Gasteiger partial charge on any atom is -0.497 e.